The van der Waals surface area contributed by atoms with E-state index in [9.17, 15) is 0 Å². The van der Waals surface area contributed by atoms with E-state index in [0.717, 1.165) is 38.7 Å². The molecule has 8 heteroatoms. The van der Waals surface area contributed by atoms with Crippen LogP contribution >= 0.6 is 47.1 Å². The van der Waals surface area contributed by atoms with Gasteiger partial charge in [-0.25, -0.2) is 0 Å². The van der Waals surface area contributed by atoms with Gasteiger partial charge in [0.05, 0.1) is 18.8 Å². The van der Waals surface area contributed by atoms with Crippen molar-refractivity contribution in [2.24, 2.45) is 4.99 Å². The molecule has 2 saturated heterocycles. The van der Waals surface area contributed by atoms with Gasteiger partial charge in [0.2, 0.25) is 0 Å². The van der Waals surface area contributed by atoms with E-state index in [2.05, 4.69) is 63.6 Å². The van der Waals surface area contributed by atoms with Crippen LogP contribution < -0.4 is 10.6 Å². The summed E-state index contributed by atoms with van der Waals surface area (Å²) in [5.41, 5.74) is 0. The Morgan fingerprint density at radius 2 is 2.33 bits per heavy atom. The standard InChI is InChI=1S/C19H32N4OS2.HI/c1-15-13-23(8-9-24-15)16(17-6-4-10-25-17)12-21-18(20-3)22-14-19(2)7-5-11-26-19;/h4,6,10,15-16H,5,7-9,11-14H2,1-3H3,(H2,20,21,22);1H. The third kappa shape index (κ3) is 6.76. The molecule has 1 aromatic rings. The summed E-state index contributed by atoms with van der Waals surface area (Å²) < 4.78 is 6.07. The maximum atomic E-state index is 5.73. The molecule has 2 fully saturated rings. The molecule has 3 rings (SSSR count). The first kappa shape index (κ1) is 23.3. The molecular weight excluding hydrogens is 491 g/mol. The first-order valence-electron chi connectivity index (χ1n) is 9.57. The Balaban J connectivity index is 0.00000261. The molecule has 2 N–H and O–H groups in total. The number of hydrogen-bond acceptors (Lipinski definition) is 5. The van der Waals surface area contributed by atoms with E-state index in [1.807, 2.05) is 18.4 Å². The van der Waals surface area contributed by atoms with Gasteiger partial charge in [0.15, 0.2) is 5.96 Å². The van der Waals surface area contributed by atoms with Crippen LogP contribution in [-0.2, 0) is 4.74 Å². The first-order chi connectivity index (χ1) is 12.6. The number of thiophene rings is 1. The molecule has 27 heavy (non-hydrogen) atoms. The van der Waals surface area contributed by atoms with Crippen LogP contribution in [0.4, 0.5) is 0 Å². The molecule has 0 aromatic carbocycles. The third-order valence-electron chi connectivity index (χ3n) is 5.20. The van der Waals surface area contributed by atoms with Gasteiger partial charge in [-0.2, -0.15) is 11.8 Å². The molecule has 0 spiro atoms. The summed E-state index contributed by atoms with van der Waals surface area (Å²) in [6.45, 7) is 9.11. The van der Waals surface area contributed by atoms with E-state index in [-0.39, 0.29) is 24.0 Å². The maximum absolute atomic E-state index is 5.73. The second-order valence-electron chi connectivity index (χ2n) is 7.42. The Bertz CT molecular complexity index is 578. The molecule has 154 valence electrons. The quantitative estimate of drug-likeness (QED) is 0.339. The van der Waals surface area contributed by atoms with E-state index < -0.39 is 0 Å². The van der Waals surface area contributed by atoms with Gasteiger partial charge in [-0.15, -0.1) is 35.3 Å². The number of nitrogens with zero attached hydrogens (tertiary/aromatic N) is 2. The molecular formula is C19H33IN4OS2. The van der Waals surface area contributed by atoms with Gasteiger partial charge in [-0.05, 0) is 43.9 Å². The fraction of sp³-hybridized carbons (Fsp3) is 0.737. The summed E-state index contributed by atoms with van der Waals surface area (Å²) in [6.07, 6.45) is 2.90. The SMILES string of the molecule is CN=C(NCC(c1cccs1)N1CCOC(C)C1)NCC1(C)CCCS1.I. The predicted octanol–water partition coefficient (Wildman–Crippen LogP) is 3.58. The van der Waals surface area contributed by atoms with E-state index in [0.29, 0.717) is 16.9 Å². The molecule has 3 atom stereocenters. The van der Waals surface area contributed by atoms with Gasteiger partial charge in [0.1, 0.15) is 0 Å². The van der Waals surface area contributed by atoms with Crippen LogP contribution in [0.25, 0.3) is 0 Å². The average Bonchev–Trinajstić information content (AvgIpc) is 3.30. The normalized spacial score (nSPS) is 27.8. The van der Waals surface area contributed by atoms with Crippen molar-refractivity contribution in [2.75, 3.05) is 45.6 Å². The fourth-order valence-corrected chi connectivity index (χ4v) is 5.79. The number of guanidine groups is 1. The van der Waals surface area contributed by atoms with E-state index in [1.165, 1.54) is 23.5 Å². The molecule has 0 aliphatic carbocycles. The zero-order valence-electron chi connectivity index (χ0n) is 16.6. The molecule has 2 aliphatic rings. The molecule has 2 aliphatic heterocycles. The molecule has 0 radical (unpaired) electrons. The second kappa shape index (κ2) is 11.2. The van der Waals surface area contributed by atoms with Gasteiger partial charge in [0, 0.05) is 42.9 Å². The summed E-state index contributed by atoms with van der Waals surface area (Å²) in [5, 5.41) is 9.27. The van der Waals surface area contributed by atoms with Gasteiger partial charge >= 0.3 is 0 Å². The van der Waals surface area contributed by atoms with Gasteiger partial charge in [-0.1, -0.05) is 6.07 Å². The molecule has 3 heterocycles. The zero-order valence-corrected chi connectivity index (χ0v) is 20.5. The van der Waals surface area contributed by atoms with Gasteiger partial charge < -0.3 is 15.4 Å². The van der Waals surface area contributed by atoms with Gasteiger partial charge in [-0.3, -0.25) is 9.89 Å². The van der Waals surface area contributed by atoms with Gasteiger partial charge in [0.25, 0.3) is 0 Å². The minimum atomic E-state index is 0. The van der Waals surface area contributed by atoms with Crippen molar-refractivity contribution in [1.29, 1.82) is 0 Å². The summed E-state index contributed by atoms with van der Waals surface area (Å²) in [4.78, 5) is 8.38. The van der Waals surface area contributed by atoms with Crippen molar-refractivity contribution in [3.63, 3.8) is 0 Å². The number of aliphatic imine (C=N–C) groups is 1. The number of nitrogens with one attached hydrogen (secondary N) is 2. The predicted molar refractivity (Wildman–Crippen MR) is 129 cm³/mol. The lowest BCUT2D eigenvalue weighted by Crippen LogP contribution is -2.49. The highest BCUT2D eigenvalue weighted by molar-refractivity contribution is 14.0. The topological polar surface area (TPSA) is 48.9 Å². The Morgan fingerprint density at radius 1 is 1.48 bits per heavy atom. The summed E-state index contributed by atoms with van der Waals surface area (Å²) in [5.74, 6) is 2.18. The van der Waals surface area contributed by atoms with Crippen LogP contribution in [0.5, 0.6) is 0 Å². The van der Waals surface area contributed by atoms with Crippen LogP contribution in [-0.4, -0.2) is 67.3 Å². The lowest BCUT2D eigenvalue weighted by atomic mass is 10.1. The highest BCUT2D eigenvalue weighted by atomic mass is 127. The van der Waals surface area contributed by atoms with Crippen LogP contribution in [0.15, 0.2) is 22.5 Å². The van der Waals surface area contributed by atoms with Crippen molar-refractivity contribution < 1.29 is 4.74 Å². The molecule has 1 aromatic heterocycles. The van der Waals surface area contributed by atoms with E-state index >= 15 is 0 Å². The largest absolute Gasteiger partial charge is 0.376 e. The smallest absolute Gasteiger partial charge is 0.191 e. The third-order valence-corrected chi connectivity index (χ3v) is 7.71. The number of hydrogen-bond donors (Lipinski definition) is 2. The minimum absolute atomic E-state index is 0. The molecule has 0 saturated carbocycles. The Kier molecular flexibility index (Phi) is 9.67. The fourth-order valence-electron chi connectivity index (χ4n) is 3.68. The van der Waals surface area contributed by atoms with E-state index in [4.69, 9.17) is 4.74 Å². The summed E-state index contributed by atoms with van der Waals surface area (Å²) in [7, 11) is 1.86. The van der Waals surface area contributed by atoms with Crippen LogP contribution in [0.3, 0.4) is 0 Å². The number of rotatable bonds is 6. The number of thioether (sulfide) groups is 1. The highest BCUT2D eigenvalue weighted by Gasteiger charge is 2.30. The molecule has 3 unspecified atom stereocenters. The Labute approximate surface area is 189 Å². The second-order valence-corrected chi connectivity index (χ2v) is 10.1. The summed E-state index contributed by atoms with van der Waals surface area (Å²) in [6, 6.07) is 4.74. The molecule has 0 bridgehead atoms. The monoisotopic (exact) mass is 524 g/mol. The lowest BCUT2D eigenvalue weighted by Gasteiger charge is -2.37. The molecule has 0 amide bonds. The van der Waals surface area contributed by atoms with Crippen molar-refractivity contribution in [3.8, 4) is 0 Å². The Morgan fingerprint density at radius 3 is 2.96 bits per heavy atom. The zero-order chi connectivity index (χ0) is 18.4. The lowest BCUT2D eigenvalue weighted by molar-refractivity contribution is -0.0334. The van der Waals surface area contributed by atoms with Crippen molar-refractivity contribution in [3.05, 3.63) is 22.4 Å². The number of halogens is 1. The number of ether oxygens (including phenoxy) is 1. The first-order valence-corrected chi connectivity index (χ1v) is 11.4. The maximum Gasteiger partial charge on any atom is 0.191 e. The van der Waals surface area contributed by atoms with Crippen LogP contribution in [0.1, 0.15) is 37.6 Å². The average molecular weight is 525 g/mol. The van der Waals surface area contributed by atoms with Crippen molar-refractivity contribution >= 4 is 53.0 Å². The Hall–Kier alpha value is -0.0300. The van der Waals surface area contributed by atoms with Crippen LogP contribution in [0.2, 0.25) is 0 Å². The highest BCUT2D eigenvalue weighted by Crippen LogP contribution is 2.36. The molecule has 5 nitrogen and oxygen atoms in total. The van der Waals surface area contributed by atoms with E-state index in [1.54, 1.807) is 0 Å². The number of morpholine rings is 1. The van der Waals surface area contributed by atoms with Crippen molar-refractivity contribution in [2.45, 2.75) is 43.6 Å². The summed E-state index contributed by atoms with van der Waals surface area (Å²) >= 11 is 3.91. The minimum Gasteiger partial charge on any atom is -0.376 e. The van der Waals surface area contributed by atoms with Crippen molar-refractivity contribution in [1.82, 2.24) is 15.5 Å². The van der Waals surface area contributed by atoms with Crippen LogP contribution in [0, 0.1) is 0 Å².